The van der Waals surface area contributed by atoms with Gasteiger partial charge in [0.05, 0.1) is 43.2 Å². The molecular formula is C38H54BrN3O8. The van der Waals surface area contributed by atoms with Crippen LogP contribution < -0.4 is 5.32 Å². The lowest BCUT2D eigenvalue weighted by atomic mass is 9.70. The van der Waals surface area contributed by atoms with Crippen molar-refractivity contribution in [3.8, 4) is 0 Å². The van der Waals surface area contributed by atoms with Crippen LogP contribution in [-0.2, 0) is 33.4 Å². The van der Waals surface area contributed by atoms with Crippen LogP contribution in [0, 0.1) is 17.8 Å². The topological polar surface area (TPSA) is 135 Å². The number of esters is 1. The van der Waals surface area contributed by atoms with Gasteiger partial charge in [0.2, 0.25) is 17.7 Å². The highest BCUT2D eigenvalue weighted by Gasteiger charge is 2.78. The number of nitrogens with one attached hydrogen (secondary N) is 1. The number of rotatable bonds is 17. The second-order valence-corrected chi connectivity index (χ2v) is 16.2. The van der Waals surface area contributed by atoms with Gasteiger partial charge in [-0.15, -0.1) is 13.2 Å². The number of allylic oxidation sites excluding steroid dienone is 1. The second-order valence-electron chi connectivity index (χ2n) is 15.0. The summed E-state index contributed by atoms with van der Waals surface area (Å²) in [6.07, 6.45) is 3.02. The normalized spacial score (nSPS) is 27.4. The van der Waals surface area contributed by atoms with Crippen LogP contribution in [0.5, 0.6) is 0 Å². The van der Waals surface area contributed by atoms with Gasteiger partial charge < -0.3 is 34.4 Å². The number of carbonyl (C=O) groups excluding carboxylic acids is 4. The SMILES string of the molecule is C=CCCC(=O)N[C@H](COC)[C@H](OC(=O)[C@H]1[C@@H]2O[C@@]3(CC2Br)[C@@H]1C(=O)N([C@@H](CO)CC(C)C)[C@@H]3C(=O)N(CC=C)C(C)(C)C)c1ccccc1. The van der Waals surface area contributed by atoms with E-state index >= 15 is 0 Å². The van der Waals surface area contributed by atoms with E-state index in [1.54, 1.807) is 29.2 Å². The highest BCUT2D eigenvalue weighted by atomic mass is 79.9. The number of hydrogen-bond donors (Lipinski definition) is 2. The Bertz CT molecular complexity index is 1400. The van der Waals surface area contributed by atoms with Crippen LogP contribution in [0.1, 0.15) is 72.0 Å². The van der Waals surface area contributed by atoms with Gasteiger partial charge in [-0.2, -0.15) is 0 Å². The van der Waals surface area contributed by atoms with E-state index in [9.17, 15) is 24.3 Å². The van der Waals surface area contributed by atoms with Gasteiger partial charge >= 0.3 is 5.97 Å². The zero-order valence-corrected chi connectivity index (χ0v) is 31.8. The molecular weight excluding hydrogens is 706 g/mol. The molecule has 3 aliphatic rings. The van der Waals surface area contributed by atoms with Crippen LogP contribution >= 0.6 is 15.9 Å². The van der Waals surface area contributed by atoms with E-state index in [-0.39, 0.29) is 48.7 Å². The molecule has 3 saturated heterocycles. The number of nitrogens with zero attached hydrogens (tertiary/aromatic N) is 2. The summed E-state index contributed by atoms with van der Waals surface area (Å²) >= 11 is 3.74. The first-order chi connectivity index (χ1) is 23.7. The number of ether oxygens (including phenoxy) is 3. The Morgan fingerprint density at radius 1 is 1.20 bits per heavy atom. The molecule has 276 valence electrons. The maximum absolute atomic E-state index is 14.8. The fourth-order valence-corrected chi connectivity index (χ4v) is 8.87. The number of methoxy groups -OCH3 is 1. The third kappa shape index (κ3) is 7.88. The van der Waals surface area contributed by atoms with Gasteiger partial charge in [0.15, 0.2) is 0 Å². The number of benzene rings is 1. The maximum Gasteiger partial charge on any atom is 0.313 e. The quantitative estimate of drug-likeness (QED) is 0.136. The Labute approximate surface area is 304 Å². The lowest BCUT2D eigenvalue weighted by molar-refractivity contribution is -0.163. The number of halogens is 1. The van der Waals surface area contributed by atoms with Gasteiger partial charge in [-0.3, -0.25) is 19.2 Å². The van der Waals surface area contributed by atoms with E-state index in [2.05, 4.69) is 34.4 Å². The molecule has 3 heterocycles. The van der Waals surface area contributed by atoms with Crippen molar-refractivity contribution >= 4 is 39.6 Å². The minimum Gasteiger partial charge on any atom is -0.455 e. The van der Waals surface area contributed by atoms with Gasteiger partial charge in [-0.1, -0.05) is 72.3 Å². The van der Waals surface area contributed by atoms with E-state index in [1.807, 2.05) is 52.8 Å². The predicted molar refractivity (Wildman–Crippen MR) is 193 cm³/mol. The maximum atomic E-state index is 14.8. The third-order valence-corrected chi connectivity index (χ3v) is 10.8. The Kier molecular flexibility index (Phi) is 13.1. The number of fused-ring (bicyclic) bond motifs is 1. The highest BCUT2D eigenvalue weighted by Crippen LogP contribution is 2.61. The summed E-state index contributed by atoms with van der Waals surface area (Å²) in [7, 11) is 1.50. The monoisotopic (exact) mass is 759 g/mol. The van der Waals surface area contributed by atoms with E-state index < -0.39 is 65.2 Å². The fraction of sp³-hybridized carbons (Fsp3) is 0.632. The zero-order valence-electron chi connectivity index (χ0n) is 30.2. The van der Waals surface area contributed by atoms with Crippen LogP contribution in [-0.4, -0.2) is 106 Å². The van der Waals surface area contributed by atoms with Crippen LogP contribution in [0.3, 0.4) is 0 Å². The van der Waals surface area contributed by atoms with Crippen LogP contribution in [0.15, 0.2) is 55.6 Å². The molecule has 9 atom stereocenters. The molecule has 3 fully saturated rings. The second kappa shape index (κ2) is 16.5. The van der Waals surface area contributed by atoms with Gasteiger partial charge in [0, 0.05) is 30.4 Å². The summed E-state index contributed by atoms with van der Waals surface area (Å²) in [6, 6.07) is 6.56. The number of likely N-dealkylation sites (tertiary alicyclic amines) is 1. The van der Waals surface area contributed by atoms with E-state index in [1.165, 1.54) is 12.0 Å². The Hall–Kier alpha value is -3.06. The number of carbonyl (C=O) groups is 4. The summed E-state index contributed by atoms with van der Waals surface area (Å²) in [6.45, 7) is 17.2. The van der Waals surface area contributed by atoms with Gasteiger partial charge in [-0.05, 0) is 51.5 Å². The minimum absolute atomic E-state index is 0.0499. The van der Waals surface area contributed by atoms with Crippen molar-refractivity contribution in [2.24, 2.45) is 17.8 Å². The molecule has 3 aliphatic heterocycles. The van der Waals surface area contributed by atoms with Crippen molar-refractivity contribution in [2.75, 3.05) is 26.9 Å². The summed E-state index contributed by atoms with van der Waals surface area (Å²) < 4.78 is 18.5. The van der Waals surface area contributed by atoms with Crippen molar-refractivity contribution in [1.29, 1.82) is 0 Å². The molecule has 50 heavy (non-hydrogen) atoms. The molecule has 0 aromatic heterocycles. The first-order valence-corrected chi connectivity index (χ1v) is 18.4. The predicted octanol–water partition coefficient (Wildman–Crippen LogP) is 4.34. The number of alkyl halides is 1. The molecule has 4 rings (SSSR count). The minimum atomic E-state index is -1.35. The van der Waals surface area contributed by atoms with Crippen molar-refractivity contribution in [3.05, 3.63) is 61.2 Å². The number of amides is 3. The standard InChI is InChI=1S/C38H54BrN3O8/c1-9-11-17-28(44)40-27(22-48-8)31(24-15-13-12-14-16-24)49-36(47)29-30-34(45)42(25(21-43)19-23(3)4)33(38(30)20-26(39)32(29)50-38)35(46)41(18-10-2)37(5,6)7/h9-10,12-16,23,25-27,29-33,43H,1-2,11,17-22H2,3-8H3,(H,40,44)/t25-,26?,27-,29-,30+,31-,32-,33-,38+/m1/s1. The lowest BCUT2D eigenvalue weighted by Crippen LogP contribution is -2.62. The largest absolute Gasteiger partial charge is 0.455 e. The summed E-state index contributed by atoms with van der Waals surface area (Å²) in [5.41, 5.74) is -1.34. The van der Waals surface area contributed by atoms with Crippen molar-refractivity contribution < 1.29 is 38.5 Å². The number of aliphatic hydroxyl groups excluding tert-OH is 1. The summed E-state index contributed by atoms with van der Waals surface area (Å²) in [5, 5.41) is 13.6. The highest BCUT2D eigenvalue weighted by molar-refractivity contribution is 9.09. The molecule has 2 bridgehead atoms. The third-order valence-electron chi connectivity index (χ3n) is 9.97. The first-order valence-electron chi connectivity index (χ1n) is 17.5. The zero-order chi connectivity index (χ0) is 37.0. The van der Waals surface area contributed by atoms with E-state index in [4.69, 9.17) is 14.2 Å². The molecule has 1 aromatic rings. The Balaban J connectivity index is 1.79. The molecule has 1 spiro atoms. The fourth-order valence-electron chi connectivity index (χ4n) is 7.93. The van der Waals surface area contributed by atoms with Gasteiger partial charge in [0.1, 0.15) is 17.7 Å². The van der Waals surface area contributed by atoms with Crippen LogP contribution in [0.25, 0.3) is 0 Å². The summed E-state index contributed by atoms with van der Waals surface area (Å²) in [4.78, 5) is 59.9. The molecule has 1 unspecified atom stereocenters. The smallest absolute Gasteiger partial charge is 0.313 e. The van der Waals surface area contributed by atoms with Crippen LogP contribution in [0.2, 0.25) is 0 Å². The molecule has 11 nitrogen and oxygen atoms in total. The molecule has 3 amide bonds. The molecule has 1 aromatic carbocycles. The van der Waals surface area contributed by atoms with Gasteiger partial charge in [0.25, 0.3) is 0 Å². The van der Waals surface area contributed by atoms with E-state index in [0.29, 0.717) is 24.8 Å². The van der Waals surface area contributed by atoms with Crippen molar-refractivity contribution in [2.45, 2.75) is 107 Å². The number of aliphatic hydroxyl groups is 1. The van der Waals surface area contributed by atoms with Crippen molar-refractivity contribution in [3.63, 3.8) is 0 Å². The van der Waals surface area contributed by atoms with Crippen LogP contribution in [0.4, 0.5) is 0 Å². The Morgan fingerprint density at radius 3 is 2.44 bits per heavy atom. The molecule has 0 aliphatic carbocycles. The number of hydrogen-bond acceptors (Lipinski definition) is 8. The molecule has 0 radical (unpaired) electrons. The average molecular weight is 761 g/mol. The lowest BCUT2D eigenvalue weighted by Gasteiger charge is -2.43. The van der Waals surface area contributed by atoms with Crippen molar-refractivity contribution in [1.82, 2.24) is 15.1 Å². The molecule has 0 saturated carbocycles. The van der Waals surface area contributed by atoms with Gasteiger partial charge in [-0.25, -0.2) is 0 Å². The molecule has 12 heteroatoms. The summed E-state index contributed by atoms with van der Waals surface area (Å²) in [5.74, 6) is -3.66. The van der Waals surface area contributed by atoms with E-state index in [0.717, 1.165) is 0 Å². The first kappa shape index (κ1) is 39.7. The Morgan fingerprint density at radius 2 is 1.88 bits per heavy atom. The average Bonchev–Trinajstić information content (AvgIpc) is 3.66. The molecule has 2 N–H and O–H groups in total.